The molecule has 2 nitrogen and oxygen atoms in total. The van der Waals surface area contributed by atoms with Crippen LogP contribution in [0.5, 0.6) is 0 Å². The summed E-state index contributed by atoms with van der Waals surface area (Å²) >= 11 is 0. The number of hydrogen-bond acceptors (Lipinski definition) is 1. The van der Waals surface area contributed by atoms with Crippen molar-refractivity contribution in [3.8, 4) is 0 Å². The highest BCUT2D eigenvalue weighted by molar-refractivity contribution is 7.82. The number of rotatable bonds is 3. The maximum absolute atomic E-state index is 12.3. The Morgan fingerprint density at radius 3 is 2.12 bits per heavy atom. The first-order valence-corrected chi connectivity index (χ1v) is 5.77. The lowest BCUT2D eigenvalue weighted by Gasteiger charge is -2.13. The van der Waals surface area contributed by atoms with Gasteiger partial charge in [0.15, 0.2) is 0 Å². The Morgan fingerprint density at radius 2 is 1.75 bits per heavy atom. The molecular formula is C10H12F3NOS. The molecule has 0 aromatic heterocycles. The van der Waals surface area contributed by atoms with Crippen molar-refractivity contribution in [2.45, 2.75) is 18.0 Å². The summed E-state index contributed by atoms with van der Waals surface area (Å²) in [6.07, 6.45) is -4.35. The van der Waals surface area contributed by atoms with Crippen molar-refractivity contribution in [1.82, 2.24) is 4.31 Å². The lowest BCUT2D eigenvalue weighted by Crippen LogP contribution is -2.20. The van der Waals surface area contributed by atoms with Gasteiger partial charge in [-0.15, -0.1) is 0 Å². The monoisotopic (exact) mass is 251 g/mol. The van der Waals surface area contributed by atoms with Gasteiger partial charge in [0.1, 0.15) is 11.0 Å². The summed E-state index contributed by atoms with van der Waals surface area (Å²) in [6.45, 7) is 2.38. The largest absolute Gasteiger partial charge is 0.416 e. The molecule has 1 aromatic rings. The highest BCUT2D eigenvalue weighted by Crippen LogP contribution is 2.29. The Bertz CT molecular complexity index is 375. The average molecular weight is 251 g/mol. The first-order chi connectivity index (χ1) is 7.36. The molecule has 0 saturated heterocycles. The highest BCUT2D eigenvalue weighted by atomic mass is 32.2. The van der Waals surface area contributed by atoms with Gasteiger partial charge in [0.25, 0.3) is 0 Å². The predicted molar refractivity (Wildman–Crippen MR) is 56.2 cm³/mol. The number of hydrogen-bond donors (Lipinski definition) is 0. The molecule has 0 N–H and O–H groups in total. The van der Waals surface area contributed by atoms with E-state index < -0.39 is 22.7 Å². The summed E-state index contributed by atoms with van der Waals surface area (Å²) in [5.74, 6) is 0. The second kappa shape index (κ2) is 4.97. The third kappa shape index (κ3) is 3.05. The van der Waals surface area contributed by atoms with Crippen molar-refractivity contribution in [3.63, 3.8) is 0 Å². The normalized spacial score (nSPS) is 14.1. The van der Waals surface area contributed by atoms with Crippen LogP contribution in [0, 0.1) is 0 Å². The first kappa shape index (κ1) is 13.2. The van der Waals surface area contributed by atoms with Crippen LogP contribution >= 0.6 is 0 Å². The van der Waals surface area contributed by atoms with E-state index in [0.717, 1.165) is 12.1 Å². The zero-order chi connectivity index (χ0) is 12.3. The summed E-state index contributed by atoms with van der Waals surface area (Å²) in [4.78, 5) is 0.373. The van der Waals surface area contributed by atoms with Gasteiger partial charge >= 0.3 is 6.18 Å². The molecule has 6 heteroatoms. The Balaban J connectivity index is 2.91. The van der Waals surface area contributed by atoms with Crippen LogP contribution in [0.4, 0.5) is 13.2 Å². The Labute approximate surface area is 94.7 Å². The minimum atomic E-state index is -4.35. The summed E-state index contributed by atoms with van der Waals surface area (Å²) in [6, 6.07) is 4.36. The summed E-state index contributed by atoms with van der Waals surface area (Å²) in [5.41, 5.74) is -0.729. The molecule has 1 rings (SSSR count). The molecule has 1 aromatic carbocycles. The topological polar surface area (TPSA) is 20.3 Å². The van der Waals surface area contributed by atoms with Crippen LogP contribution in [-0.4, -0.2) is 22.1 Å². The van der Waals surface area contributed by atoms with Gasteiger partial charge in [-0.05, 0) is 24.3 Å². The fourth-order valence-corrected chi connectivity index (χ4v) is 2.02. The Kier molecular flexibility index (Phi) is 4.09. The molecule has 0 aliphatic heterocycles. The summed E-state index contributed by atoms with van der Waals surface area (Å²) in [7, 11) is 0.249. The second-order valence-corrected chi connectivity index (χ2v) is 4.81. The fraction of sp³-hybridized carbons (Fsp3) is 0.400. The molecule has 0 aliphatic carbocycles. The molecule has 90 valence electrons. The molecule has 1 unspecified atom stereocenters. The quantitative estimate of drug-likeness (QED) is 0.808. The van der Waals surface area contributed by atoms with E-state index >= 15 is 0 Å². The van der Waals surface area contributed by atoms with E-state index in [-0.39, 0.29) is 0 Å². The van der Waals surface area contributed by atoms with Gasteiger partial charge in [-0.3, -0.25) is 0 Å². The van der Waals surface area contributed by atoms with Crippen LogP contribution in [0.1, 0.15) is 12.5 Å². The molecule has 0 amide bonds. The minimum absolute atomic E-state index is 0.373. The summed E-state index contributed by atoms with van der Waals surface area (Å²) in [5, 5.41) is 0. The van der Waals surface area contributed by atoms with Crippen molar-refractivity contribution in [1.29, 1.82) is 0 Å². The predicted octanol–water partition coefficient (Wildman–Crippen LogP) is 2.68. The fourth-order valence-electron chi connectivity index (χ4n) is 1.06. The number of alkyl halides is 3. The van der Waals surface area contributed by atoms with Crippen LogP contribution in [-0.2, 0) is 17.2 Å². The van der Waals surface area contributed by atoms with E-state index in [2.05, 4.69) is 0 Å². The van der Waals surface area contributed by atoms with E-state index in [0.29, 0.717) is 11.4 Å². The Hall–Kier alpha value is -0.880. The van der Waals surface area contributed by atoms with Gasteiger partial charge in [0.05, 0.1) is 10.5 Å². The molecule has 0 heterocycles. The van der Waals surface area contributed by atoms with Gasteiger partial charge in [0.2, 0.25) is 0 Å². The minimum Gasteiger partial charge on any atom is -0.237 e. The summed E-state index contributed by atoms with van der Waals surface area (Å²) < 4.78 is 50.0. The van der Waals surface area contributed by atoms with Crippen LogP contribution < -0.4 is 0 Å². The van der Waals surface area contributed by atoms with Crippen molar-refractivity contribution < 1.29 is 17.4 Å². The van der Waals surface area contributed by atoms with Crippen LogP contribution in [0.2, 0.25) is 0 Å². The number of halogens is 3. The van der Waals surface area contributed by atoms with E-state index in [4.69, 9.17) is 0 Å². The maximum atomic E-state index is 12.3. The number of benzene rings is 1. The molecule has 0 bridgehead atoms. The average Bonchev–Trinajstić information content (AvgIpc) is 2.26. The van der Waals surface area contributed by atoms with Crippen molar-refractivity contribution in [2.24, 2.45) is 0 Å². The molecule has 0 fully saturated rings. The molecule has 16 heavy (non-hydrogen) atoms. The second-order valence-electron chi connectivity index (χ2n) is 3.22. The van der Waals surface area contributed by atoms with Crippen molar-refractivity contribution in [2.75, 3.05) is 13.6 Å². The number of nitrogens with zero attached hydrogens (tertiary/aromatic N) is 1. The third-order valence-electron chi connectivity index (χ3n) is 2.11. The van der Waals surface area contributed by atoms with Gasteiger partial charge in [0, 0.05) is 13.6 Å². The molecular weight excluding hydrogens is 239 g/mol. The van der Waals surface area contributed by atoms with Crippen molar-refractivity contribution in [3.05, 3.63) is 29.8 Å². The Morgan fingerprint density at radius 1 is 1.25 bits per heavy atom. The van der Waals surface area contributed by atoms with Gasteiger partial charge in [-0.25, -0.2) is 8.51 Å². The van der Waals surface area contributed by atoms with Crippen LogP contribution in [0.15, 0.2) is 29.2 Å². The van der Waals surface area contributed by atoms with Crippen LogP contribution in [0.3, 0.4) is 0 Å². The SMILES string of the molecule is CCN(C)S(=O)c1ccc(C(F)(F)F)cc1. The van der Waals surface area contributed by atoms with E-state index in [1.54, 1.807) is 11.4 Å². The van der Waals surface area contributed by atoms with E-state index in [1.807, 2.05) is 6.92 Å². The molecule has 1 atom stereocenters. The molecule has 0 spiro atoms. The van der Waals surface area contributed by atoms with Gasteiger partial charge < -0.3 is 0 Å². The van der Waals surface area contributed by atoms with Gasteiger partial charge in [-0.2, -0.15) is 13.2 Å². The molecule has 0 aliphatic rings. The smallest absolute Gasteiger partial charge is 0.237 e. The first-order valence-electron chi connectivity index (χ1n) is 4.66. The zero-order valence-electron chi connectivity index (χ0n) is 8.91. The lowest BCUT2D eigenvalue weighted by atomic mass is 10.2. The van der Waals surface area contributed by atoms with E-state index in [9.17, 15) is 17.4 Å². The molecule has 0 radical (unpaired) electrons. The van der Waals surface area contributed by atoms with Crippen LogP contribution in [0.25, 0.3) is 0 Å². The third-order valence-corrected chi connectivity index (χ3v) is 3.61. The maximum Gasteiger partial charge on any atom is 0.416 e. The van der Waals surface area contributed by atoms with Crippen molar-refractivity contribution >= 4 is 11.0 Å². The molecule has 0 saturated carbocycles. The zero-order valence-corrected chi connectivity index (χ0v) is 9.73. The van der Waals surface area contributed by atoms with Gasteiger partial charge in [-0.1, -0.05) is 6.92 Å². The standard InChI is InChI=1S/C10H12F3NOS/c1-3-14(2)16(15)9-6-4-8(5-7-9)10(11,12)13/h4-7H,3H2,1-2H3. The van der Waals surface area contributed by atoms with E-state index in [1.165, 1.54) is 12.1 Å². The highest BCUT2D eigenvalue weighted by Gasteiger charge is 2.30. The lowest BCUT2D eigenvalue weighted by molar-refractivity contribution is -0.137.